The van der Waals surface area contributed by atoms with Crippen molar-refractivity contribution >= 4 is 5.78 Å². The van der Waals surface area contributed by atoms with Gasteiger partial charge in [0, 0.05) is 13.1 Å². The average molecular weight is 363 g/mol. The molecule has 2 aliphatic rings. The third-order valence-electron chi connectivity index (χ3n) is 5.45. The van der Waals surface area contributed by atoms with Crippen LogP contribution in [0.4, 0.5) is 0 Å². The van der Waals surface area contributed by atoms with Crippen molar-refractivity contribution in [2.75, 3.05) is 19.6 Å². The molecule has 0 radical (unpaired) electrons. The van der Waals surface area contributed by atoms with Crippen LogP contribution >= 0.6 is 0 Å². The first-order chi connectivity index (χ1) is 13.1. The average Bonchev–Trinajstić information content (AvgIpc) is 3.20. The number of fused-ring (bicyclic) bond motifs is 1. The van der Waals surface area contributed by atoms with Gasteiger partial charge < -0.3 is 9.84 Å². The minimum Gasteiger partial charge on any atom is -0.506 e. The molecule has 1 saturated heterocycles. The molecule has 1 N–H and O–H groups in total. The Labute approximate surface area is 158 Å². The van der Waals surface area contributed by atoms with Gasteiger partial charge in [0.25, 0.3) is 0 Å². The fourth-order valence-corrected chi connectivity index (χ4v) is 4.23. The van der Waals surface area contributed by atoms with Crippen LogP contribution in [-0.4, -0.2) is 46.5 Å². The fourth-order valence-electron chi connectivity index (χ4n) is 4.23. The molecule has 138 valence electrons. The Morgan fingerprint density at radius 1 is 1.26 bits per heavy atom. The van der Waals surface area contributed by atoms with Gasteiger partial charge in [0.2, 0.25) is 0 Å². The smallest absolute Gasteiger partial charge is 0.195 e. The Kier molecular flexibility index (Phi) is 4.78. The first kappa shape index (κ1) is 17.5. The first-order valence-electron chi connectivity index (χ1n) is 9.18. The molecule has 3 atom stereocenters. The summed E-state index contributed by atoms with van der Waals surface area (Å²) in [6, 6.07) is 12.5. The van der Waals surface area contributed by atoms with Crippen LogP contribution in [0.15, 0.2) is 42.6 Å². The van der Waals surface area contributed by atoms with Crippen LogP contribution in [0.1, 0.15) is 28.9 Å². The molecule has 6 nitrogen and oxygen atoms in total. The number of nitriles is 1. The zero-order chi connectivity index (χ0) is 18.8. The van der Waals surface area contributed by atoms with E-state index >= 15 is 0 Å². The van der Waals surface area contributed by atoms with Crippen molar-refractivity contribution in [2.45, 2.75) is 18.9 Å². The molecule has 1 aromatic carbocycles. The van der Waals surface area contributed by atoms with E-state index in [1.54, 1.807) is 18.2 Å². The second kappa shape index (κ2) is 7.37. The van der Waals surface area contributed by atoms with Crippen molar-refractivity contribution in [1.82, 2.24) is 9.88 Å². The van der Waals surface area contributed by atoms with E-state index in [1.165, 1.54) is 12.3 Å². The highest BCUT2D eigenvalue weighted by molar-refractivity contribution is 5.95. The van der Waals surface area contributed by atoms with Gasteiger partial charge in [0.15, 0.2) is 5.78 Å². The number of nitrogens with zero attached hydrogens (tertiary/aromatic N) is 3. The molecule has 4 rings (SSSR count). The predicted molar refractivity (Wildman–Crippen MR) is 98.5 cm³/mol. The first-order valence-corrected chi connectivity index (χ1v) is 9.18. The summed E-state index contributed by atoms with van der Waals surface area (Å²) in [6.45, 7) is 2.15. The van der Waals surface area contributed by atoms with Crippen LogP contribution in [0.3, 0.4) is 0 Å². The van der Waals surface area contributed by atoms with Crippen molar-refractivity contribution in [3.63, 3.8) is 0 Å². The Balaban J connectivity index is 1.30. The second-order valence-corrected chi connectivity index (χ2v) is 7.39. The molecular formula is C21H21N3O3. The van der Waals surface area contributed by atoms with Gasteiger partial charge in [-0.1, -0.05) is 6.07 Å². The highest BCUT2D eigenvalue weighted by atomic mass is 16.5. The molecule has 2 heterocycles. The Bertz CT molecular complexity index is 861. The summed E-state index contributed by atoms with van der Waals surface area (Å²) in [4.78, 5) is 18.6. The molecule has 0 bridgehead atoms. The van der Waals surface area contributed by atoms with Crippen molar-refractivity contribution in [3.05, 3.63) is 53.9 Å². The lowest BCUT2D eigenvalue weighted by atomic mass is 10.0. The molecule has 2 fully saturated rings. The quantitative estimate of drug-likeness (QED) is 0.822. The third-order valence-corrected chi connectivity index (χ3v) is 5.45. The third kappa shape index (κ3) is 3.93. The molecule has 2 aromatic rings. The van der Waals surface area contributed by atoms with Crippen molar-refractivity contribution in [2.24, 2.45) is 11.8 Å². The van der Waals surface area contributed by atoms with Gasteiger partial charge in [-0.15, -0.1) is 0 Å². The van der Waals surface area contributed by atoms with Gasteiger partial charge in [0.05, 0.1) is 30.5 Å². The Morgan fingerprint density at radius 2 is 2.04 bits per heavy atom. The summed E-state index contributed by atoms with van der Waals surface area (Å²) in [7, 11) is 0. The highest BCUT2D eigenvalue weighted by Gasteiger charge is 2.42. The van der Waals surface area contributed by atoms with Crippen LogP contribution in [0.25, 0.3) is 0 Å². The number of pyridine rings is 1. The number of rotatable bonds is 5. The van der Waals surface area contributed by atoms with Crippen molar-refractivity contribution < 1.29 is 14.6 Å². The largest absolute Gasteiger partial charge is 0.506 e. The van der Waals surface area contributed by atoms with E-state index < -0.39 is 0 Å². The molecule has 27 heavy (non-hydrogen) atoms. The van der Waals surface area contributed by atoms with Crippen LogP contribution < -0.4 is 4.74 Å². The maximum Gasteiger partial charge on any atom is 0.195 e. The number of likely N-dealkylation sites (tertiary alicyclic amines) is 1. The van der Waals surface area contributed by atoms with E-state index in [0.717, 1.165) is 31.7 Å². The Hall–Kier alpha value is -2.91. The summed E-state index contributed by atoms with van der Waals surface area (Å²) in [5, 5.41) is 18.3. The fraction of sp³-hybridized carbons (Fsp3) is 0.381. The van der Waals surface area contributed by atoms with Gasteiger partial charge in [-0.3, -0.25) is 9.69 Å². The van der Waals surface area contributed by atoms with Gasteiger partial charge >= 0.3 is 0 Å². The number of carbonyl (C=O) groups excluding carboxylic acids is 1. The number of carbonyl (C=O) groups is 1. The monoisotopic (exact) mass is 363 g/mol. The maximum absolute atomic E-state index is 12.4. The van der Waals surface area contributed by atoms with Crippen molar-refractivity contribution in [1.29, 1.82) is 5.26 Å². The Morgan fingerprint density at radius 3 is 2.70 bits per heavy atom. The van der Waals surface area contributed by atoms with Crippen molar-refractivity contribution in [3.8, 4) is 17.6 Å². The molecule has 0 unspecified atom stereocenters. The molecule has 1 aromatic heterocycles. The maximum atomic E-state index is 12.4. The van der Waals surface area contributed by atoms with Crippen LogP contribution in [0, 0.1) is 23.2 Å². The zero-order valence-corrected chi connectivity index (χ0v) is 14.9. The van der Waals surface area contributed by atoms with Crippen LogP contribution in [0.2, 0.25) is 0 Å². The van der Waals surface area contributed by atoms with Gasteiger partial charge in [-0.2, -0.15) is 5.26 Å². The van der Waals surface area contributed by atoms with Gasteiger partial charge in [0.1, 0.15) is 17.2 Å². The van der Waals surface area contributed by atoms with Crippen LogP contribution in [-0.2, 0) is 0 Å². The summed E-state index contributed by atoms with van der Waals surface area (Å²) in [5.41, 5.74) is 1.00. The van der Waals surface area contributed by atoms with E-state index in [0.29, 0.717) is 29.6 Å². The van der Waals surface area contributed by atoms with E-state index in [-0.39, 0.29) is 17.6 Å². The number of ether oxygens (including phenoxy) is 1. The summed E-state index contributed by atoms with van der Waals surface area (Å²) in [5.74, 6) is 1.87. The van der Waals surface area contributed by atoms with Gasteiger partial charge in [-0.25, -0.2) is 4.98 Å². The summed E-state index contributed by atoms with van der Waals surface area (Å²) in [6.07, 6.45) is 3.42. The topological polar surface area (TPSA) is 86.5 Å². The molecule has 1 aliphatic carbocycles. The number of hydrogen-bond donors (Lipinski definition) is 1. The minimum atomic E-state index is -0.0175. The number of hydrogen-bond acceptors (Lipinski definition) is 6. The number of Topliss-reactive ketones (excluding diaryl/α,β-unsaturated/α-hetero) is 1. The number of aromatic nitrogens is 1. The normalized spacial score (nSPS) is 24.3. The zero-order valence-electron chi connectivity index (χ0n) is 14.9. The number of benzene rings is 1. The summed E-state index contributed by atoms with van der Waals surface area (Å²) < 4.78 is 6.08. The number of ketones is 1. The second-order valence-electron chi connectivity index (χ2n) is 7.39. The highest BCUT2D eigenvalue weighted by Crippen LogP contribution is 2.39. The molecular weight excluding hydrogens is 342 g/mol. The van der Waals surface area contributed by atoms with Crippen LogP contribution in [0.5, 0.6) is 11.5 Å². The molecule has 1 saturated carbocycles. The predicted octanol–water partition coefficient (Wildman–Crippen LogP) is 2.63. The molecule has 0 spiro atoms. The molecule has 1 aliphatic heterocycles. The SMILES string of the molecule is N#Cc1cccc(O[C@H]2C[C@@H]3CN(CC(=O)c4ccc(O)cn4)C[C@@H]3C2)c1. The molecule has 0 amide bonds. The van der Waals surface area contributed by atoms with E-state index in [2.05, 4.69) is 16.0 Å². The number of aromatic hydroxyl groups is 1. The van der Waals surface area contributed by atoms with E-state index in [1.807, 2.05) is 12.1 Å². The lowest BCUT2D eigenvalue weighted by molar-refractivity contribution is 0.0932. The summed E-state index contributed by atoms with van der Waals surface area (Å²) >= 11 is 0. The van der Waals surface area contributed by atoms with E-state index in [4.69, 9.17) is 10.00 Å². The molecule has 6 heteroatoms. The lowest BCUT2D eigenvalue weighted by Crippen LogP contribution is -2.30. The van der Waals surface area contributed by atoms with Gasteiger partial charge in [-0.05, 0) is 55.0 Å². The lowest BCUT2D eigenvalue weighted by Gasteiger charge is -2.19. The minimum absolute atomic E-state index is 0.0175. The van der Waals surface area contributed by atoms with E-state index in [9.17, 15) is 9.90 Å². The standard InChI is InChI=1S/C21H21N3O3/c22-9-14-2-1-3-18(6-14)27-19-7-15-11-24(12-16(15)8-19)13-21(26)20-5-4-17(25)10-23-20/h1-6,10,15-16,19,25H,7-8,11-13H2/t15-,16+,19+.